The van der Waals surface area contributed by atoms with E-state index >= 15 is 0 Å². The highest BCUT2D eigenvalue weighted by Gasteiger charge is 2.23. The first-order valence-corrected chi connectivity index (χ1v) is 10.9. The fourth-order valence-corrected chi connectivity index (χ4v) is 4.38. The van der Waals surface area contributed by atoms with Crippen LogP contribution in [0.15, 0.2) is 66.1 Å². The Kier molecular flexibility index (Phi) is 6.59. The molecule has 1 saturated heterocycles. The standard InChI is InChI=1S/C22H25N5OS/c28-21(19-10-8-17(9-11-19)15-29-22-24-16-25-26-22)23-14-20(27-12-4-5-13-27)18-6-2-1-3-7-18/h1-3,6-11,16,20H,4-5,12-15H2,(H,23,28)(H,24,25,26)/t20-/m0/s1. The number of aromatic nitrogens is 3. The Labute approximate surface area is 175 Å². The topological polar surface area (TPSA) is 73.9 Å². The number of likely N-dealkylation sites (tertiary alicyclic amines) is 1. The van der Waals surface area contributed by atoms with Crippen molar-refractivity contribution < 1.29 is 4.79 Å². The van der Waals surface area contributed by atoms with Crippen LogP contribution in [0, 0.1) is 0 Å². The van der Waals surface area contributed by atoms with Gasteiger partial charge in [0.1, 0.15) is 6.33 Å². The zero-order valence-corrected chi connectivity index (χ0v) is 17.1. The van der Waals surface area contributed by atoms with E-state index in [1.165, 1.54) is 24.7 Å². The summed E-state index contributed by atoms with van der Waals surface area (Å²) in [6.07, 6.45) is 3.95. The SMILES string of the molecule is O=C(NC[C@@H](c1ccccc1)N1CCCC1)c1ccc(CSc2ncn[nH]2)cc1. The third-order valence-corrected chi connectivity index (χ3v) is 6.15. The summed E-state index contributed by atoms with van der Waals surface area (Å²) in [5, 5.41) is 10.6. The number of thioether (sulfide) groups is 1. The van der Waals surface area contributed by atoms with Crippen molar-refractivity contribution in [3.63, 3.8) is 0 Å². The second kappa shape index (κ2) is 9.71. The molecule has 6 nitrogen and oxygen atoms in total. The summed E-state index contributed by atoms with van der Waals surface area (Å²) in [7, 11) is 0. The number of rotatable bonds is 8. The fraction of sp³-hybridized carbons (Fsp3) is 0.318. The van der Waals surface area contributed by atoms with E-state index in [9.17, 15) is 4.79 Å². The highest BCUT2D eigenvalue weighted by atomic mass is 32.2. The molecule has 0 saturated carbocycles. The molecule has 150 valence electrons. The van der Waals surface area contributed by atoms with E-state index in [-0.39, 0.29) is 11.9 Å². The molecule has 1 atom stereocenters. The van der Waals surface area contributed by atoms with Gasteiger partial charge in [-0.25, -0.2) is 4.98 Å². The van der Waals surface area contributed by atoms with Crippen molar-refractivity contribution in [1.82, 2.24) is 25.4 Å². The zero-order chi connectivity index (χ0) is 19.9. The molecule has 0 spiro atoms. The minimum absolute atomic E-state index is 0.0282. The van der Waals surface area contributed by atoms with Gasteiger partial charge < -0.3 is 5.32 Å². The van der Waals surface area contributed by atoms with Crippen LogP contribution >= 0.6 is 11.8 Å². The average molecular weight is 408 g/mol. The third kappa shape index (κ3) is 5.25. The summed E-state index contributed by atoms with van der Waals surface area (Å²) in [6, 6.07) is 18.4. The third-order valence-electron chi connectivity index (χ3n) is 5.21. The fourth-order valence-electron chi connectivity index (χ4n) is 3.65. The molecule has 29 heavy (non-hydrogen) atoms. The van der Waals surface area contributed by atoms with Crippen LogP contribution in [0.2, 0.25) is 0 Å². The van der Waals surface area contributed by atoms with Crippen LogP contribution in [-0.4, -0.2) is 45.6 Å². The first-order valence-electron chi connectivity index (χ1n) is 9.94. The maximum atomic E-state index is 12.7. The van der Waals surface area contributed by atoms with Crippen molar-refractivity contribution in [3.8, 4) is 0 Å². The van der Waals surface area contributed by atoms with Crippen LogP contribution in [0.4, 0.5) is 0 Å². The van der Waals surface area contributed by atoms with Gasteiger partial charge in [0.25, 0.3) is 5.91 Å². The predicted molar refractivity (Wildman–Crippen MR) is 115 cm³/mol. The summed E-state index contributed by atoms with van der Waals surface area (Å²) in [6.45, 7) is 2.80. The minimum Gasteiger partial charge on any atom is -0.350 e. The summed E-state index contributed by atoms with van der Waals surface area (Å²) < 4.78 is 0. The molecule has 0 radical (unpaired) electrons. The quantitative estimate of drug-likeness (QED) is 0.558. The second-order valence-electron chi connectivity index (χ2n) is 7.16. The van der Waals surface area contributed by atoms with Gasteiger partial charge in [-0.1, -0.05) is 54.2 Å². The molecule has 1 aliphatic rings. The summed E-state index contributed by atoms with van der Waals surface area (Å²) in [4.78, 5) is 19.3. The number of hydrogen-bond acceptors (Lipinski definition) is 5. The molecule has 2 aromatic carbocycles. The van der Waals surface area contributed by atoms with E-state index in [1.54, 1.807) is 11.8 Å². The van der Waals surface area contributed by atoms with Crippen molar-refractivity contribution in [2.24, 2.45) is 0 Å². The summed E-state index contributed by atoms with van der Waals surface area (Å²) >= 11 is 1.59. The Balaban J connectivity index is 1.35. The number of benzene rings is 2. The molecular weight excluding hydrogens is 382 g/mol. The van der Waals surface area contributed by atoms with Gasteiger partial charge in [-0.05, 0) is 49.2 Å². The molecule has 1 fully saturated rings. The maximum absolute atomic E-state index is 12.7. The minimum atomic E-state index is -0.0282. The average Bonchev–Trinajstić information content (AvgIpc) is 3.48. The number of hydrogen-bond donors (Lipinski definition) is 2. The Bertz CT molecular complexity index is 893. The predicted octanol–water partition coefficient (Wildman–Crippen LogP) is 3.66. The molecule has 3 aromatic rings. The molecule has 1 aromatic heterocycles. The van der Waals surface area contributed by atoms with Crippen LogP contribution in [0.5, 0.6) is 0 Å². The van der Waals surface area contributed by atoms with Crippen molar-refractivity contribution in [1.29, 1.82) is 0 Å². The number of nitrogens with one attached hydrogen (secondary N) is 2. The van der Waals surface area contributed by atoms with Gasteiger partial charge >= 0.3 is 0 Å². The molecule has 0 unspecified atom stereocenters. The van der Waals surface area contributed by atoms with Crippen molar-refractivity contribution in [2.75, 3.05) is 19.6 Å². The van der Waals surface area contributed by atoms with Gasteiger partial charge in [-0.2, -0.15) is 5.10 Å². The van der Waals surface area contributed by atoms with Gasteiger partial charge in [0, 0.05) is 17.9 Å². The van der Waals surface area contributed by atoms with Crippen LogP contribution < -0.4 is 5.32 Å². The Morgan fingerprint density at radius 1 is 1.10 bits per heavy atom. The lowest BCUT2D eigenvalue weighted by Gasteiger charge is -2.28. The number of carbonyl (C=O) groups excluding carboxylic acids is 1. The van der Waals surface area contributed by atoms with E-state index in [1.807, 2.05) is 30.3 Å². The lowest BCUT2D eigenvalue weighted by atomic mass is 10.1. The molecule has 0 aliphatic carbocycles. The van der Waals surface area contributed by atoms with Crippen LogP contribution in [0.1, 0.15) is 40.4 Å². The largest absolute Gasteiger partial charge is 0.350 e. The number of carbonyl (C=O) groups is 1. The molecule has 2 N–H and O–H groups in total. The monoisotopic (exact) mass is 407 g/mol. The molecule has 4 rings (SSSR count). The molecule has 2 heterocycles. The molecule has 0 bridgehead atoms. The first kappa shape index (κ1) is 19.7. The maximum Gasteiger partial charge on any atom is 0.251 e. The van der Waals surface area contributed by atoms with Crippen LogP contribution in [0.25, 0.3) is 0 Å². The van der Waals surface area contributed by atoms with Gasteiger partial charge in [-0.15, -0.1) is 0 Å². The van der Waals surface area contributed by atoms with Crippen LogP contribution in [-0.2, 0) is 5.75 Å². The number of nitrogens with zero attached hydrogens (tertiary/aromatic N) is 3. The normalized spacial score (nSPS) is 15.3. The highest BCUT2D eigenvalue weighted by molar-refractivity contribution is 7.98. The van der Waals surface area contributed by atoms with Gasteiger partial charge in [0.05, 0.1) is 6.04 Å². The van der Waals surface area contributed by atoms with Crippen molar-refractivity contribution >= 4 is 17.7 Å². The summed E-state index contributed by atoms with van der Waals surface area (Å²) in [5.41, 5.74) is 3.09. The Hall–Kier alpha value is -2.64. The Morgan fingerprint density at radius 2 is 1.86 bits per heavy atom. The van der Waals surface area contributed by atoms with Crippen molar-refractivity contribution in [3.05, 3.63) is 77.6 Å². The molecule has 7 heteroatoms. The lowest BCUT2D eigenvalue weighted by molar-refractivity contribution is 0.0938. The van der Waals surface area contributed by atoms with E-state index in [2.05, 4.69) is 49.7 Å². The zero-order valence-electron chi connectivity index (χ0n) is 16.3. The Morgan fingerprint density at radius 3 is 2.55 bits per heavy atom. The van der Waals surface area contributed by atoms with Crippen molar-refractivity contribution in [2.45, 2.75) is 29.8 Å². The summed E-state index contributed by atoms with van der Waals surface area (Å²) in [5.74, 6) is 0.752. The lowest BCUT2D eigenvalue weighted by Crippen LogP contribution is -2.36. The highest BCUT2D eigenvalue weighted by Crippen LogP contribution is 2.24. The van der Waals surface area contributed by atoms with Gasteiger partial charge in [0.15, 0.2) is 5.16 Å². The molecular formula is C22H25N5OS. The van der Waals surface area contributed by atoms with E-state index in [0.29, 0.717) is 12.1 Å². The van der Waals surface area contributed by atoms with E-state index in [0.717, 1.165) is 29.6 Å². The molecule has 1 amide bonds. The van der Waals surface area contributed by atoms with E-state index in [4.69, 9.17) is 0 Å². The number of amides is 1. The number of aromatic amines is 1. The first-order chi connectivity index (χ1) is 14.3. The van der Waals surface area contributed by atoms with Gasteiger partial charge in [0.2, 0.25) is 0 Å². The number of H-pyrrole nitrogens is 1. The van der Waals surface area contributed by atoms with Crippen LogP contribution in [0.3, 0.4) is 0 Å². The van der Waals surface area contributed by atoms with E-state index < -0.39 is 0 Å². The molecule has 1 aliphatic heterocycles. The smallest absolute Gasteiger partial charge is 0.251 e. The second-order valence-corrected chi connectivity index (χ2v) is 8.12. The van der Waals surface area contributed by atoms with Gasteiger partial charge in [-0.3, -0.25) is 14.8 Å².